The average Bonchev–Trinajstić information content (AvgIpc) is 2.69. The maximum atomic E-state index is 13.1. The zero-order valence-electron chi connectivity index (χ0n) is 18.4. The molecule has 2 amide bonds. The zero-order chi connectivity index (χ0) is 23.9. The number of guanidine groups is 1. The number of carboxylic acid groups (broad SMARTS) is 1. The number of aliphatic carboxylic acids is 1. The van der Waals surface area contributed by atoms with E-state index in [4.69, 9.17) is 11.1 Å². The number of rotatable bonds is 7. The number of carbonyl (C=O) groups excluding carboxylic acids is 2. The Kier molecular flexibility index (Phi) is 7.95. The predicted molar refractivity (Wildman–Crippen MR) is 122 cm³/mol. The Balaban J connectivity index is 2.35. The van der Waals surface area contributed by atoms with Gasteiger partial charge < -0.3 is 16.2 Å². The lowest BCUT2D eigenvalue weighted by Gasteiger charge is -2.31. The molecule has 0 bridgehead atoms. The standard InChI is InChI=1S/C23H29N5O4/c1-23(2,3)14-19(29)28(18(21(31)32)12-15-8-5-4-6-9-15)27-20(30)16-10-7-11-17(13-16)26-22(24)25/h4-11,13,18H,12,14H2,1-3H3,(H,27,30)(H,31,32)(H4,24,25,26). The Bertz CT molecular complexity index is 985. The van der Waals surface area contributed by atoms with Crippen molar-refractivity contribution in [3.05, 3.63) is 65.7 Å². The maximum absolute atomic E-state index is 13.1. The van der Waals surface area contributed by atoms with Gasteiger partial charge in [0, 0.05) is 24.1 Å². The molecule has 2 rings (SSSR count). The topological polar surface area (TPSA) is 149 Å². The number of carbonyl (C=O) groups is 3. The molecular weight excluding hydrogens is 410 g/mol. The second-order valence-electron chi connectivity index (χ2n) is 8.61. The largest absolute Gasteiger partial charge is 0.480 e. The molecule has 0 saturated carbocycles. The number of anilines is 1. The molecule has 0 aliphatic carbocycles. The van der Waals surface area contributed by atoms with Crippen LogP contribution in [0.3, 0.4) is 0 Å². The fourth-order valence-electron chi connectivity index (χ4n) is 3.05. The van der Waals surface area contributed by atoms with Gasteiger partial charge >= 0.3 is 5.97 Å². The lowest BCUT2D eigenvalue weighted by molar-refractivity contribution is -0.153. The summed E-state index contributed by atoms with van der Waals surface area (Å²) in [6.45, 7) is 5.57. The third kappa shape index (κ3) is 7.42. The molecule has 32 heavy (non-hydrogen) atoms. The maximum Gasteiger partial charge on any atom is 0.328 e. The zero-order valence-corrected chi connectivity index (χ0v) is 18.4. The minimum Gasteiger partial charge on any atom is -0.480 e. The summed E-state index contributed by atoms with van der Waals surface area (Å²) in [7, 11) is 0. The van der Waals surface area contributed by atoms with E-state index in [1.165, 1.54) is 12.1 Å². The molecule has 0 aromatic heterocycles. The van der Waals surface area contributed by atoms with Crippen LogP contribution in [-0.4, -0.2) is 39.9 Å². The lowest BCUT2D eigenvalue weighted by Crippen LogP contribution is -2.56. The normalized spacial score (nSPS) is 11.8. The SMILES string of the molecule is CC(C)(C)CC(=O)N(NC(=O)c1cccc(NC(=N)N)c1)C(Cc1ccccc1)C(=O)O. The van der Waals surface area contributed by atoms with E-state index in [0.29, 0.717) is 5.69 Å². The molecule has 2 aromatic rings. The summed E-state index contributed by atoms with van der Waals surface area (Å²) in [5, 5.41) is 20.7. The lowest BCUT2D eigenvalue weighted by atomic mass is 9.91. The van der Waals surface area contributed by atoms with Crippen molar-refractivity contribution in [3.8, 4) is 0 Å². The minimum atomic E-state index is -1.30. The van der Waals surface area contributed by atoms with Crippen molar-refractivity contribution in [1.82, 2.24) is 10.4 Å². The number of nitrogens with one attached hydrogen (secondary N) is 3. The Morgan fingerprint density at radius 3 is 2.31 bits per heavy atom. The van der Waals surface area contributed by atoms with Crippen molar-refractivity contribution < 1.29 is 19.5 Å². The summed E-state index contributed by atoms with van der Waals surface area (Å²) in [6.07, 6.45) is 0.0655. The van der Waals surface area contributed by atoms with Crippen LogP contribution in [0.2, 0.25) is 0 Å². The van der Waals surface area contributed by atoms with Gasteiger partial charge in [-0.2, -0.15) is 0 Å². The number of nitrogens with zero attached hydrogens (tertiary/aromatic N) is 1. The van der Waals surface area contributed by atoms with E-state index in [0.717, 1.165) is 10.6 Å². The molecule has 9 nitrogen and oxygen atoms in total. The molecule has 1 atom stereocenters. The monoisotopic (exact) mass is 439 g/mol. The quantitative estimate of drug-likeness (QED) is 0.254. The average molecular weight is 440 g/mol. The van der Waals surface area contributed by atoms with Crippen LogP contribution in [0.15, 0.2) is 54.6 Å². The number of hydrazine groups is 1. The molecule has 0 aliphatic rings. The van der Waals surface area contributed by atoms with Gasteiger partial charge in [0.15, 0.2) is 12.0 Å². The van der Waals surface area contributed by atoms with Crippen LogP contribution in [0.4, 0.5) is 5.69 Å². The molecule has 0 fully saturated rings. The van der Waals surface area contributed by atoms with Gasteiger partial charge in [0.2, 0.25) is 5.91 Å². The highest BCUT2D eigenvalue weighted by Gasteiger charge is 2.33. The number of benzene rings is 2. The highest BCUT2D eigenvalue weighted by Crippen LogP contribution is 2.21. The number of hydrogen-bond donors (Lipinski definition) is 5. The summed E-state index contributed by atoms with van der Waals surface area (Å²) in [6, 6.07) is 13.8. The molecule has 2 aromatic carbocycles. The minimum absolute atomic E-state index is 0.0261. The Morgan fingerprint density at radius 2 is 1.75 bits per heavy atom. The fourth-order valence-corrected chi connectivity index (χ4v) is 3.05. The summed E-state index contributed by atoms with van der Waals surface area (Å²) in [5.41, 5.74) is 8.71. The first kappa shape index (κ1) is 24.4. The summed E-state index contributed by atoms with van der Waals surface area (Å²) in [5.74, 6) is -2.69. The third-order valence-corrected chi connectivity index (χ3v) is 4.44. The van der Waals surface area contributed by atoms with Crippen molar-refractivity contribution in [3.63, 3.8) is 0 Å². The van der Waals surface area contributed by atoms with E-state index in [2.05, 4.69) is 10.7 Å². The van der Waals surface area contributed by atoms with Crippen LogP contribution in [0.1, 0.15) is 43.1 Å². The molecule has 0 heterocycles. The predicted octanol–water partition coefficient (Wildman–Crippen LogP) is 2.60. The Morgan fingerprint density at radius 1 is 1.09 bits per heavy atom. The van der Waals surface area contributed by atoms with Crippen molar-refractivity contribution >= 4 is 29.4 Å². The molecule has 0 saturated heterocycles. The van der Waals surface area contributed by atoms with Crippen molar-refractivity contribution in [2.75, 3.05) is 5.32 Å². The van der Waals surface area contributed by atoms with Gasteiger partial charge in [0.05, 0.1) is 0 Å². The van der Waals surface area contributed by atoms with E-state index in [9.17, 15) is 19.5 Å². The van der Waals surface area contributed by atoms with Crippen LogP contribution in [-0.2, 0) is 16.0 Å². The van der Waals surface area contributed by atoms with Gasteiger partial charge in [-0.25, -0.2) is 9.80 Å². The van der Waals surface area contributed by atoms with E-state index < -0.39 is 29.2 Å². The third-order valence-electron chi connectivity index (χ3n) is 4.44. The van der Waals surface area contributed by atoms with Crippen molar-refractivity contribution in [1.29, 1.82) is 5.41 Å². The molecule has 1 unspecified atom stereocenters. The van der Waals surface area contributed by atoms with Crippen molar-refractivity contribution in [2.24, 2.45) is 11.1 Å². The highest BCUT2D eigenvalue weighted by molar-refractivity contribution is 5.98. The van der Waals surface area contributed by atoms with E-state index >= 15 is 0 Å². The van der Waals surface area contributed by atoms with Gasteiger partial charge in [0.25, 0.3) is 5.91 Å². The van der Waals surface area contributed by atoms with Crippen molar-refractivity contribution in [2.45, 2.75) is 39.7 Å². The number of nitrogens with two attached hydrogens (primary N) is 1. The van der Waals surface area contributed by atoms with E-state index in [1.54, 1.807) is 36.4 Å². The first-order valence-electron chi connectivity index (χ1n) is 10.1. The second kappa shape index (κ2) is 10.4. The van der Waals surface area contributed by atoms with Crippen LogP contribution < -0.4 is 16.5 Å². The van der Waals surface area contributed by atoms with E-state index in [-0.39, 0.29) is 24.4 Å². The van der Waals surface area contributed by atoms with Gasteiger partial charge in [-0.1, -0.05) is 57.2 Å². The van der Waals surface area contributed by atoms with E-state index in [1.807, 2.05) is 26.8 Å². The molecule has 6 N–H and O–H groups in total. The summed E-state index contributed by atoms with van der Waals surface area (Å²) < 4.78 is 0. The first-order chi connectivity index (χ1) is 15.0. The van der Waals surface area contributed by atoms with Gasteiger partial charge in [-0.3, -0.25) is 20.4 Å². The fraction of sp³-hybridized carbons (Fsp3) is 0.304. The summed E-state index contributed by atoms with van der Waals surface area (Å²) in [4.78, 5) is 38.1. The first-order valence-corrected chi connectivity index (χ1v) is 10.1. The molecule has 0 radical (unpaired) electrons. The van der Waals surface area contributed by atoms with Gasteiger partial charge in [-0.15, -0.1) is 0 Å². The number of carboxylic acids is 1. The number of amides is 2. The van der Waals surface area contributed by atoms with Gasteiger partial charge in [-0.05, 0) is 29.2 Å². The van der Waals surface area contributed by atoms with Crippen LogP contribution in [0, 0.1) is 10.8 Å². The van der Waals surface area contributed by atoms with Crippen LogP contribution >= 0.6 is 0 Å². The Hall–Kier alpha value is -3.88. The second-order valence-corrected chi connectivity index (χ2v) is 8.61. The smallest absolute Gasteiger partial charge is 0.328 e. The van der Waals surface area contributed by atoms with Crippen LogP contribution in [0.25, 0.3) is 0 Å². The Labute approximate surface area is 187 Å². The molecule has 0 aliphatic heterocycles. The summed E-state index contributed by atoms with van der Waals surface area (Å²) >= 11 is 0. The van der Waals surface area contributed by atoms with Gasteiger partial charge in [0.1, 0.15) is 0 Å². The molecule has 9 heteroatoms. The molecule has 170 valence electrons. The molecule has 0 spiro atoms. The highest BCUT2D eigenvalue weighted by atomic mass is 16.4. The number of hydrogen-bond acceptors (Lipinski definition) is 4. The molecular formula is C23H29N5O4. The van der Waals surface area contributed by atoms with Crippen LogP contribution in [0.5, 0.6) is 0 Å².